The molecule has 1 saturated heterocycles. The third-order valence-electron chi connectivity index (χ3n) is 4.51. The number of halogens is 1. The summed E-state index contributed by atoms with van der Waals surface area (Å²) < 4.78 is 5.69. The van der Waals surface area contributed by atoms with Crippen LogP contribution in [0.3, 0.4) is 0 Å². The first kappa shape index (κ1) is 17.9. The largest absolute Gasteiger partial charge is 0.394 e. The number of aromatic nitrogens is 1. The highest BCUT2D eigenvalue weighted by molar-refractivity contribution is 6.31. The maximum absolute atomic E-state index is 13.0. The Hall–Kier alpha value is -1.95. The molecule has 6 heteroatoms. The number of carbonyl (C=O) groups excluding carboxylic acids is 1. The Morgan fingerprint density at radius 3 is 2.88 bits per heavy atom. The van der Waals surface area contributed by atoms with Crippen LogP contribution in [-0.2, 0) is 16.0 Å². The monoisotopic (exact) mass is 360 g/mol. The van der Waals surface area contributed by atoms with E-state index in [0.29, 0.717) is 18.2 Å². The van der Waals surface area contributed by atoms with Crippen LogP contribution in [0.25, 0.3) is 0 Å². The number of carbonyl (C=O) groups is 1. The highest BCUT2D eigenvalue weighted by atomic mass is 35.5. The zero-order valence-corrected chi connectivity index (χ0v) is 14.8. The fourth-order valence-corrected chi connectivity index (χ4v) is 3.44. The standard InChI is InChI=1S/C19H21ClN2O3/c1-13-5-4-8-21-16(13)11-18(24)22-9-10-25-17(12-23)19(22)14-6-2-3-7-15(14)20/h2-8,17,19,23H,9-12H2,1H3/t17-,19-/m0/s1. The van der Waals surface area contributed by atoms with Gasteiger partial charge in [0.1, 0.15) is 6.10 Å². The van der Waals surface area contributed by atoms with Crippen LogP contribution in [0.5, 0.6) is 0 Å². The van der Waals surface area contributed by atoms with E-state index < -0.39 is 12.1 Å². The molecule has 1 aliphatic rings. The summed E-state index contributed by atoms with van der Waals surface area (Å²) >= 11 is 6.35. The van der Waals surface area contributed by atoms with Gasteiger partial charge in [0.2, 0.25) is 5.91 Å². The first-order chi connectivity index (χ1) is 12.1. The number of ether oxygens (including phenoxy) is 1. The number of morpholine rings is 1. The van der Waals surface area contributed by atoms with Gasteiger partial charge in [0.05, 0.1) is 31.4 Å². The fraction of sp³-hybridized carbons (Fsp3) is 0.368. The van der Waals surface area contributed by atoms with E-state index in [0.717, 1.165) is 16.8 Å². The van der Waals surface area contributed by atoms with Crippen LogP contribution in [0.1, 0.15) is 22.9 Å². The summed E-state index contributed by atoms with van der Waals surface area (Å²) in [5.74, 6) is -0.0477. The number of aliphatic hydroxyl groups excluding tert-OH is 1. The molecule has 1 aromatic heterocycles. The van der Waals surface area contributed by atoms with E-state index in [1.807, 2.05) is 37.3 Å². The second kappa shape index (κ2) is 7.95. The summed E-state index contributed by atoms with van der Waals surface area (Å²) in [5.41, 5.74) is 2.53. The van der Waals surface area contributed by atoms with Gasteiger partial charge in [0.25, 0.3) is 0 Å². The molecular formula is C19H21ClN2O3. The average molecular weight is 361 g/mol. The quantitative estimate of drug-likeness (QED) is 0.910. The Morgan fingerprint density at radius 2 is 2.16 bits per heavy atom. The van der Waals surface area contributed by atoms with Crippen molar-refractivity contribution in [2.24, 2.45) is 0 Å². The smallest absolute Gasteiger partial charge is 0.229 e. The number of nitrogens with zero attached hydrogens (tertiary/aromatic N) is 2. The lowest BCUT2D eigenvalue weighted by molar-refractivity contribution is -0.149. The van der Waals surface area contributed by atoms with Crippen molar-refractivity contribution in [3.8, 4) is 0 Å². The van der Waals surface area contributed by atoms with E-state index in [2.05, 4.69) is 4.98 Å². The highest BCUT2D eigenvalue weighted by Crippen LogP contribution is 2.34. The van der Waals surface area contributed by atoms with Crippen molar-refractivity contribution in [2.45, 2.75) is 25.5 Å². The summed E-state index contributed by atoms with van der Waals surface area (Å²) in [6, 6.07) is 10.7. The van der Waals surface area contributed by atoms with Gasteiger partial charge < -0.3 is 14.7 Å². The third kappa shape index (κ3) is 3.84. The van der Waals surface area contributed by atoms with Gasteiger partial charge in [0.15, 0.2) is 0 Å². The van der Waals surface area contributed by atoms with Crippen molar-refractivity contribution in [3.63, 3.8) is 0 Å². The zero-order chi connectivity index (χ0) is 17.8. The van der Waals surface area contributed by atoms with E-state index in [-0.39, 0.29) is 18.9 Å². The van der Waals surface area contributed by atoms with Crippen molar-refractivity contribution in [1.82, 2.24) is 9.88 Å². The zero-order valence-electron chi connectivity index (χ0n) is 14.1. The van der Waals surface area contributed by atoms with Crippen LogP contribution < -0.4 is 0 Å². The average Bonchev–Trinajstić information content (AvgIpc) is 2.63. The Bertz CT molecular complexity index is 753. The second-order valence-electron chi connectivity index (χ2n) is 6.09. The highest BCUT2D eigenvalue weighted by Gasteiger charge is 2.37. The molecule has 0 bridgehead atoms. The normalized spacial score (nSPS) is 20.5. The van der Waals surface area contributed by atoms with Crippen molar-refractivity contribution in [2.75, 3.05) is 19.8 Å². The van der Waals surface area contributed by atoms with Gasteiger partial charge in [-0.25, -0.2) is 0 Å². The summed E-state index contributed by atoms with van der Waals surface area (Å²) in [6.07, 6.45) is 1.41. The topological polar surface area (TPSA) is 62.7 Å². The SMILES string of the molecule is Cc1cccnc1CC(=O)N1CCO[C@@H](CO)[C@@H]1c1ccccc1Cl. The predicted molar refractivity (Wildman–Crippen MR) is 95.4 cm³/mol. The number of rotatable bonds is 4. The lowest BCUT2D eigenvalue weighted by Gasteiger charge is -2.41. The molecule has 132 valence electrons. The van der Waals surface area contributed by atoms with Crippen LogP contribution in [0, 0.1) is 6.92 Å². The van der Waals surface area contributed by atoms with Crippen LogP contribution in [0.2, 0.25) is 5.02 Å². The van der Waals surface area contributed by atoms with Gasteiger partial charge in [-0.2, -0.15) is 0 Å². The molecule has 1 amide bonds. The molecule has 5 nitrogen and oxygen atoms in total. The van der Waals surface area contributed by atoms with Gasteiger partial charge in [-0.05, 0) is 30.2 Å². The van der Waals surface area contributed by atoms with Gasteiger partial charge >= 0.3 is 0 Å². The van der Waals surface area contributed by atoms with Gasteiger partial charge in [-0.1, -0.05) is 35.9 Å². The Balaban J connectivity index is 1.90. The van der Waals surface area contributed by atoms with E-state index in [1.165, 1.54) is 0 Å². The van der Waals surface area contributed by atoms with Gasteiger partial charge in [-0.15, -0.1) is 0 Å². The minimum absolute atomic E-state index is 0.0477. The lowest BCUT2D eigenvalue weighted by Crippen LogP contribution is -2.50. The molecule has 2 heterocycles. The molecule has 1 aromatic carbocycles. The molecule has 0 aliphatic carbocycles. The molecule has 25 heavy (non-hydrogen) atoms. The van der Waals surface area contributed by atoms with E-state index in [9.17, 15) is 9.90 Å². The Kier molecular flexibility index (Phi) is 5.68. The molecule has 1 N–H and O–H groups in total. The van der Waals surface area contributed by atoms with Crippen LogP contribution >= 0.6 is 11.6 Å². The predicted octanol–water partition coefficient (Wildman–Crippen LogP) is 2.55. The first-order valence-electron chi connectivity index (χ1n) is 8.28. The number of hydrogen-bond acceptors (Lipinski definition) is 4. The van der Waals surface area contributed by atoms with E-state index in [4.69, 9.17) is 16.3 Å². The summed E-state index contributed by atoms with van der Waals surface area (Å²) in [6.45, 7) is 2.61. The Labute approximate surface area is 152 Å². The van der Waals surface area contributed by atoms with Crippen LogP contribution in [-0.4, -0.2) is 46.8 Å². The number of benzene rings is 1. The number of aliphatic hydroxyl groups is 1. The molecule has 1 fully saturated rings. The molecule has 0 unspecified atom stereocenters. The van der Waals surface area contributed by atoms with E-state index in [1.54, 1.807) is 17.2 Å². The molecule has 0 spiro atoms. The molecule has 2 atom stereocenters. The van der Waals surface area contributed by atoms with Gasteiger partial charge in [0, 0.05) is 17.8 Å². The maximum Gasteiger partial charge on any atom is 0.229 e. The van der Waals surface area contributed by atoms with Crippen molar-refractivity contribution < 1.29 is 14.6 Å². The lowest BCUT2D eigenvalue weighted by atomic mass is 9.97. The second-order valence-corrected chi connectivity index (χ2v) is 6.50. The molecule has 2 aromatic rings. The Morgan fingerprint density at radius 1 is 1.36 bits per heavy atom. The molecule has 0 saturated carbocycles. The first-order valence-corrected chi connectivity index (χ1v) is 8.66. The van der Waals surface area contributed by atoms with Crippen molar-refractivity contribution in [3.05, 3.63) is 64.4 Å². The minimum atomic E-state index is -0.498. The number of hydrogen-bond donors (Lipinski definition) is 1. The van der Waals surface area contributed by atoms with E-state index >= 15 is 0 Å². The van der Waals surface area contributed by atoms with Crippen LogP contribution in [0.15, 0.2) is 42.6 Å². The summed E-state index contributed by atoms with van der Waals surface area (Å²) in [5, 5.41) is 10.3. The van der Waals surface area contributed by atoms with Crippen molar-refractivity contribution >= 4 is 17.5 Å². The number of aryl methyl sites for hydroxylation is 1. The molecule has 0 radical (unpaired) electrons. The fourth-order valence-electron chi connectivity index (χ4n) is 3.20. The van der Waals surface area contributed by atoms with Crippen LogP contribution in [0.4, 0.5) is 0 Å². The summed E-state index contributed by atoms with van der Waals surface area (Å²) in [7, 11) is 0. The third-order valence-corrected chi connectivity index (χ3v) is 4.86. The van der Waals surface area contributed by atoms with Crippen molar-refractivity contribution in [1.29, 1.82) is 0 Å². The molecule has 1 aliphatic heterocycles. The van der Waals surface area contributed by atoms with Gasteiger partial charge in [-0.3, -0.25) is 9.78 Å². The minimum Gasteiger partial charge on any atom is -0.394 e. The number of pyridine rings is 1. The summed E-state index contributed by atoms with van der Waals surface area (Å²) in [4.78, 5) is 19.0. The maximum atomic E-state index is 13.0. The molecular weight excluding hydrogens is 340 g/mol. The number of amides is 1. The molecule has 3 rings (SSSR count).